The van der Waals surface area contributed by atoms with E-state index in [2.05, 4.69) is 9.69 Å². The number of aromatic nitrogens is 3. The number of amides is 1. The number of nitrogens with one attached hydrogen (secondary N) is 1. The van der Waals surface area contributed by atoms with Gasteiger partial charge >= 0.3 is 11.7 Å². The van der Waals surface area contributed by atoms with E-state index in [1.807, 2.05) is 0 Å². The highest BCUT2D eigenvalue weighted by atomic mass is 32.1. The van der Waals surface area contributed by atoms with Gasteiger partial charge in [-0.1, -0.05) is 0 Å². The van der Waals surface area contributed by atoms with Crippen molar-refractivity contribution in [1.29, 1.82) is 0 Å². The minimum Gasteiger partial charge on any atom is -0.462 e. The number of anilines is 1. The van der Waals surface area contributed by atoms with E-state index < -0.39 is 23.1 Å². The van der Waals surface area contributed by atoms with Gasteiger partial charge < -0.3 is 10.1 Å². The van der Waals surface area contributed by atoms with Crippen LogP contribution in [-0.4, -0.2) is 32.0 Å². The first-order chi connectivity index (χ1) is 14.0. The summed E-state index contributed by atoms with van der Waals surface area (Å²) in [6.07, 6.45) is 1.54. The molecule has 1 aliphatic rings. The van der Waals surface area contributed by atoms with Gasteiger partial charge in [-0.15, -0.1) is 0 Å². The lowest BCUT2D eigenvalue weighted by Crippen LogP contribution is -2.41. The molecule has 2 heterocycles. The molecule has 2 aromatic heterocycles. The highest BCUT2D eigenvalue weighted by Gasteiger charge is 2.29. The van der Waals surface area contributed by atoms with Crippen LogP contribution in [0.5, 0.6) is 0 Å². The molecule has 1 saturated carbocycles. The van der Waals surface area contributed by atoms with E-state index in [-0.39, 0.29) is 24.7 Å². The molecular weight excluding hydrogens is 396 g/mol. The molecule has 0 unspecified atom stereocenters. The van der Waals surface area contributed by atoms with Crippen LogP contribution in [0.4, 0.5) is 5.69 Å². The van der Waals surface area contributed by atoms with Crippen molar-refractivity contribution >= 4 is 40.1 Å². The molecule has 4 rings (SSSR count). The Labute approximate surface area is 168 Å². The van der Waals surface area contributed by atoms with Crippen LogP contribution in [0.1, 0.15) is 36.2 Å². The Morgan fingerprint density at radius 2 is 1.97 bits per heavy atom. The van der Waals surface area contributed by atoms with Crippen molar-refractivity contribution in [2.24, 2.45) is 0 Å². The van der Waals surface area contributed by atoms with Crippen LogP contribution in [0.15, 0.2) is 39.2 Å². The average molecular weight is 414 g/mol. The first-order valence-electron chi connectivity index (χ1n) is 9.16. The number of carbonyl (C=O) groups excluding carboxylic acids is 2. The SMILES string of the molecule is CCOC(=O)c1ccc(NC(=O)Cn2c(=O)n(C3CC3)c(=O)c3nscc32)cc1. The second kappa shape index (κ2) is 7.63. The first kappa shape index (κ1) is 19.1. The zero-order valence-electron chi connectivity index (χ0n) is 15.6. The summed E-state index contributed by atoms with van der Waals surface area (Å²) in [5, 5.41) is 4.29. The monoisotopic (exact) mass is 414 g/mol. The van der Waals surface area contributed by atoms with Crippen LogP contribution in [0.2, 0.25) is 0 Å². The molecule has 0 radical (unpaired) electrons. The zero-order chi connectivity index (χ0) is 20.5. The molecule has 0 spiro atoms. The van der Waals surface area contributed by atoms with Gasteiger partial charge in [0.1, 0.15) is 6.54 Å². The van der Waals surface area contributed by atoms with Gasteiger partial charge in [0.2, 0.25) is 5.91 Å². The van der Waals surface area contributed by atoms with Gasteiger partial charge in [0.15, 0.2) is 5.52 Å². The standard InChI is InChI=1S/C19H18N4O5S/c1-2-28-18(26)11-3-5-12(6-4-11)20-15(24)9-22-14-10-29-21-16(14)17(25)23(19(22)27)13-7-8-13/h3-6,10,13H,2,7-9H2,1H3,(H,20,24). The molecule has 150 valence electrons. The maximum atomic E-state index is 12.8. The van der Waals surface area contributed by atoms with Gasteiger partial charge in [-0.05, 0) is 55.6 Å². The number of hydrogen-bond donors (Lipinski definition) is 1. The predicted molar refractivity (Wildman–Crippen MR) is 107 cm³/mol. The van der Waals surface area contributed by atoms with Crippen molar-refractivity contribution in [3.63, 3.8) is 0 Å². The van der Waals surface area contributed by atoms with Gasteiger partial charge in [-0.25, -0.2) is 9.59 Å². The van der Waals surface area contributed by atoms with Gasteiger partial charge in [-0.3, -0.25) is 18.7 Å². The molecule has 0 saturated heterocycles. The minimum atomic E-state index is -0.502. The summed E-state index contributed by atoms with van der Waals surface area (Å²) in [5.74, 6) is -0.865. The van der Waals surface area contributed by atoms with E-state index in [0.717, 1.165) is 24.4 Å². The highest BCUT2D eigenvalue weighted by Crippen LogP contribution is 2.32. The fraction of sp³-hybridized carbons (Fsp3) is 0.316. The maximum absolute atomic E-state index is 12.8. The van der Waals surface area contributed by atoms with Crippen molar-refractivity contribution in [1.82, 2.24) is 13.5 Å². The Balaban J connectivity index is 1.57. The Kier molecular flexibility index (Phi) is 5.01. The minimum absolute atomic E-state index is 0.120. The lowest BCUT2D eigenvalue weighted by Gasteiger charge is -2.11. The van der Waals surface area contributed by atoms with Crippen LogP contribution in [0.3, 0.4) is 0 Å². The smallest absolute Gasteiger partial charge is 0.338 e. The Morgan fingerprint density at radius 3 is 2.62 bits per heavy atom. The third-order valence-electron chi connectivity index (χ3n) is 4.59. The summed E-state index contributed by atoms with van der Waals surface area (Å²) >= 11 is 1.07. The zero-order valence-corrected chi connectivity index (χ0v) is 16.4. The van der Waals surface area contributed by atoms with Gasteiger partial charge in [0.05, 0.1) is 17.7 Å². The van der Waals surface area contributed by atoms with Crippen LogP contribution >= 0.6 is 11.5 Å². The van der Waals surface area contributed by atoms with Crippen molar-refractivity contribution in [2.75, 3.05) is 11.9 Å². The molecule has 9 nitrogen and oxygen atoms in total. The van der Waals surface area contributed by atoms with Crippen LogP contribution in [0, 0.1) is 0 Å². The van der Waals surface area contributed by atoms with Gasteiger partial charge in [0.25, 0.3) is 5.56 Å². The fourth-order valence-corrected chi connectivity index (χ4v) is 3.73. The largest absolute Gasteiger partial charge is 0.462 e. The molecule has 1 N–H and O–H groups in total. The fourth-order valence-electron chi connectivity index (χ4n) is 3.06. The number of fused-ring (bicyclic) bond motifs is 1. The molecular formula is C19H18N4O5S. The number of rotatable bonds is 6. The van der Waals surface area contributed by atoms with E-state index >= 15 is 0 Å². The first-order valence-corrected chi connectivity index (χ1v) is 9.99. The molecule has 10 heteroatoms. The lowest BCUT2D eigenvalue weighted by atomic mass is 10.2. The molecule has 0 atom stereocenters. The van der Waals surface area contributed by atoms with E-state index in [1.165, 1.54) is 9.13 Å². The Bertz CT molecular complexity index is 1200. The summed E-state index contributed by atoms with van der Waals surface area (Å²) in [4.78, 5) is 49.6. The second-order valence-corrected chi connectivity index (χ2v) is 7.30. The third kappa shape index (κ3) is 3.70. The summed E-state index contributed by atoms with van der Waals surface area (Å²) in [6, 6.07) is 6.15. The number of ether oxygens (including phenoxy) is 1. The van der Waals surface area contributed by atoms with Gasteiger partial charge in [0, 0.05) is 17.1 Å². The molecule has 29 heavy (non-hydrogen) atoms. The quantitative estimate of drug-likeness (QED) is 0.615. The average Bonchev–Trinajstić information content (AvgIpc) is 3.40. The Hall–Kier alpha value is -3.27. The van der Waals surface area contributed by atoms with Gasteiger partial charge in [-0.2, -0.15) is 4.37 Å². The number of hydrogen-bond acceptors (Lipinski definition) is 7. The van der Waals surface area contributed by atoms with Crippen molar-refractivity contribution in [2.45, 2.75) is 32.4 Å². The molecule has 1 amide bonds. The van der Waals surface area contributed by atoms with E-state index in [1.54, 1.807) is 36.6 Å². The maximum Gasteiger partial charge on any atom is 0.338 e. The number of benzene rings is 1. The summed E-state index contributed by atoms with van der Waals surface area (Å²) in [6.45, 7) is 1.75. The van der Waals surface area contributed by atoms with E-state index in [9.17, 15) is 19.2 Å². The van der Waals surface area contributed by atoms with Crippen molar-refractivity contribution in [3.05, 3.63) is 56.0 Å². The summed E-state index contributed by atoms with van der Waals surface area (Å²) in [7, 11) is 0. The second-order valence-electron chi connectivity index (χ2n) is 6.67. The highest BCUT2D eigenvalue weighted by molar-refractivity contribution is 7.04. The third-order valence-corrected chi connectivity index (χ3v) is 5.21. The van der Waals surface area contributed by atoms with Crippen LogP contribution in [-0.2, 0) is 16.1 Å². The molecule has 0 bridgehead atoms. The van der Waals surface area contributed by atoms with E-state index in [0.29, 0.717) is 16.8 Å². The van der Waals surface area contributed by atoms with Crippen LogP contribution in [0.25, 0.3) is 11.0 Å². The van der Waals surface area contributed by atoms with E-state index in [4.69, 9.17) is 4.74 Å². The summed E-state index contributed by atoms with van der Waals surface area (Å²) in [5.41, 5.74) is 0.510. The van der Waals surface area contributed by atoms with Crippen LogP contribution < -0.4 is 16.6 Å². The molecule has 0 aliphatic heterocycles. The number of nitrogens with zero attached hydrogens (tertiary/aromatic N) is 3. The Morgan fingerprint density at radius 1 is 1.24 bits per heavy atom. The normalized spacial score (nSPS) is 13.4. The van der Waals surface area contributed by atoms with Crippen molar-refractivity contribution in [3.8, 4) is 0 Å². The molecule has 3 aromatic rings. The molecule has 1 aliphatic carbocycles. The predicted octanol–water partition coefficient (Wildman–Crippen LogP) is 1.77. The topological polar surface area (TPSA) is 112 Å². The molecule has 1 fully saturated rings. The molecule has 1 aromatic carbocycles. The lowest BCUT2D eigenvalue weighted by molar-refractivity contribution is -0.116. The van der Waals surface area contributed by atoms with Crippen molar-refractivity contribution < 1.29 is 14.3 Å². The number of carbonyl (C=O) groups is 2. The number of esters is 1. The summed E-state index contributed by atoms with van der Waals surface area (Å²) < 4.78 is 11.5.